The SMILES string of the molecule is Cc1ccc(C)c(NC(=O)C(N)CO)c1. The molecule has 0 aromatic heterocycles. The average Bonchev–Trinajstić information content (AvgIpc) is 2.22. The number of aliphatic hydroxyl groups is 1. The van der Waals surface area contributed by atoms with E-state index in [0.29, 0.717) is 0 Å². The van der Waals surface area contributed by atoms with Gasteiger partial charge in [-0.05, 0) is 31.0 Å². The highest BCUT2D eigenvalue weighted by atomic mass is 16.3. The summed E-state index contributed by atoms with van der Waals surface area (Å²) in [6.07, 6.45) is 0. The van der Waals surface area contributed by atoms with Crippen molar-refractivity contribution in [2.45, 2.75) is 19.9 Å². The Morgan fingerprint density at radius 1 is 1.53 bits per heavy atom. The number of rotatable bonds is 3. The predicted molar refractivity (Wildman–Crippen MR) is 59.6 cm³/mol. The Kier molecular flexibility index (Phi) is 3.82. The molecule has 1 rings (SSSR count). The van der Waals surface area contributed by atoms with Gasteiger partial charge in [0, 0.05) is 5.69 Å². The highest BCUT2D eigenvalue weighted by molar-refractivity contribution is 5.95. The summed E-state index contributed by atoms with van der Waals surface area (Å²) in [5, 5.41) is 11.4. The second-order valence-electron chi connectivity index (χ2n) is 3.60. The molecule has 0 heterocycles. The van der Waals surface area contributed by atoms with Gasteiger partial charge in [-0.15, -0.1) is 0 Å². The fraction of sp³-hybridized carbons (Fsp3) is 0.364. The van der Waals surface area contributed by atoms with E-state index in [1.54, 1.807) is 0 Å². The summed E-state index contributed by atoms with van der Waals surface area (Å²) >= 11 is 0. The summed E-state index contributed by atoms with van der Waals surface area (Å²) < 4.78 is 0. The van der Waals surface area contributed by atoms with Crippen LogP contribution in [0.1, 0.15) is 11.1 Å². The Bertz CT molecular complexity index is 364. The van der Waals surface area contributed by atoms with Gasteiger partial charge < -0.3 is 16.2 Å². The number of nitrogens with two attached hydrogens (primary N) is 1. The first-order chi connectivity index (χ1) is 7.04. The fourth-order valence-electron chi connectivity index (χ4n) is 1.18. The highest BCUT2D eigenvalue weighted by Crippen LogP contribution is 2.16. The van der Waals surface area contributed by atoms with Crippen LogP contribution < -0.4 is 11.1 Å². The van der Waals surface area contributed by atoms with E-state index in [9.17, 15) is 4.79 Å². The Balaban J connectivity index is 2.80. The molecule has 0 saturated carbocycles. The lowest BCUT2D eigenvalue weighted by Crippen LogP contribution is -2.38. The van der Waals surface area contributed by atoms with Gasteiger partial charge in [0.25, 0.3) is 0 Å². The third-order valence-electron chi connectivity index (χ3n) is 2.18. The van der Waals surface area contributed by atoms with Crippen LogP contribution in [0.3, 0.4) is 0 Å². The molecule has 1 atom stereocenters. The number of carbonyl (C=O) groups is 1. The van der Waals surface area contributed by atoms with Crippen molar-refractivity contribution in [1.82, 2.24) is 0 Å². The molecule has 4 heteroatoms. The first-order valence-electron chi connectivity index (χ1n) is 4.79. The van der Waals surface area contributed by atoms with Crippen molar-refractivity contribution in [3.8, 4) is 0 Å². The second-order valence-corrected chi connectivity index (χ2v) is 3.60. The monoisotopic (exact) mass is 208 g/mol. The summed E-state index contributed by atoms with van der Waals surface area (Å²) in [5.74, 6) is -0.369. The number of amides is 1. The van der Waals surface area contributed by atoms with Crippen molar-refractivity contribution in [2.75, 3.05) is 11.9 Å². The maximum atomic E-state index is 11.4. The molecule has 1 aromatic rings. The Morgan fingerprint density at radius 2 is 2.20 bits per heavy atom. The minimum absolute atomic E-state index is 0.350. The first-order valence-corrected chi connectivity index (χ1v) is 4.79. The lowest BCUT2D eigenvalue weighted by atomic mass is 10.1. The number of nitrogens with one attached hydrogen (secondary N) is 1. The number of hydrogen-bond acceptors (Lipinski definition) is 3. The summed E-state index contributed by atoms with van der Waals surface area (Å²) in [4.78, 5) is 11.4. The molecule has 4 nitrogen and oxygen atoms in total. The quantitative estimate of drug-likeness (QED) is 0.679. The Labute approximate surface area is 89.1 Å². The van der Waals surface area contributed by atoms with Gasteiger partial charge in [0.15, 0.2) is 0 Å². The van der Waals surface area contributed by atoms with Gasteiger partial charge in [-0.2, -0.15) is 0 Å². The fourth-order valence-corrected chi connectivity index (χ4v) is 1.18. The molecular weight excluding hydrogens is 192 g/mol. The zero-order chi connectivity index (χ0) is 11.4. The first kappa shape index (κ1) is 11.7. The molecule has 1 aromatic carbocycles. The zero-order valence-corrected chi connectivity index (χ0v) is 8.95. The lowest BCUT2D eigenvalue weighted by molar-refractivity contribution is -0.118. The summed E-state index contributed by atoms with van der Waals surface area (Å²) in [6.45, 7) is 3.50. The van der Waals surface area contributed by atoms with E-state index >= 15 is 0 Å². The van der Waals surface area contributed by atoms with Crippen LogP contribution in [0.4, 0.5) is 5.69 Å². The van der Waals surface area contributed by atoms with Gasteiger partial charge in [0.2, 0.25) is 5.91 Å². The maximum Gasteiger partial charge on any atom is 0.243 e. The third kappa shape index (κ3) is 3.04. The standard InChI is InChI=1S/C11H16N2O2/c1-7-3-4-8(2)10(5-7)13-11(15)9(12)6-14/h3-5,9,14H,6,12H2,1-2H3,(H,13,15). The van der Waals surface area contributed by atoms with Gasteiger partial charge in [-0.3, -0.25) is 4.79 Å². The minimum Gasteiger partial charge on any atom is -0.394 e. The average molecular weight is 208 g/mol. The molecule has 0 aliphatic carbocycles. The van der Waals surface area contributed by atoms with Crippen molar-refractivity contribution in [3.05, 3.63) is 29.3 Å². The van der Waals surface area contributed by atoms with Gasteiger partial charge in [0.1, 0.15) is 6.04 Å². The topological polar surface area (TPSA) is 75.4 Å². The number of aryl methyl sites for hydroxylation is 2. The molecule has 0 fully saturated rings. The largest absolute Gasteiger partial charge is 0.394 e. The predicted octanol–water partition coefficient (Wildman–Crippen LogP) is 0.562. The minimum atomic E-state index is -0.870. The Morgan fingerprint density at radius 3 is 2.80 bits per heavy atom. The highest BCUT2D eigenvalue weighted by Gasteiger charge is 2.12. The summed E-state index contributed by atoms with van der Waals surface area (Å²) in [7, 11) is 0. The van der Waals surface area contributed by atoms with Crippen LogP contribution >= 0.6 is 0 Å². The molecule has 0 bridgehead atoms. The normalized spacial score (nSPS) is 12.3. The van der Waals surface area contributed by atoms with Crippen LogP contribution in [0.5, 0.6) is 0 Å². The van der Waals surface area contributed by atoms with Crippen LogP contribution in [0.25, 0.3) is 0 Å². The molecule has 0 saturated heterocycles. The van der Waals surface area contributed by atoms with Crippen molar-refractivity contribution >= 4 is 11.6 Å². The van der Waals surface area contributed by atoms with E-state index in [1.807, 2.05) is 32.0 Å². The molecule has 4 N–H and O–H groups in total. The number of benzene rings is 1. The molecule has 0 radical (unpaired) electrons. The zero-order valence-electron chi connectivity index (χ0n) is 8.95. The van der Waals surface area contributed by atoms with Gasteiger partial charge in [-0.25, -0.2) is 0 Å². The lowest BCUT2D eigenvalue weighted by Gasteiger charge is -2.12. The molecule has 82 valence electrons. The summed E-state index contributed by atoms with van der Waals surface area (Å²) in [6, 6.07) is 4.90. The maximum absolute atomic E-state index is 11.4. The molecular formula is C11H16N2O2. The molecule has 15 heavy (non-hydrogen) atoms. The number of hydrogen-bond donors (Lipinski definition) is 3. The molecule has 0 spiro atoms. The van der Waals surface area contributed by atoms with Crippen molar-refractivity contribution < 1.29 is 9.90 Å². The van der Waals surface area contributed by atoms with Gasteiger partial charge in [-0.1, -0.05) is 12.1 Å². The third-order valence-corrected chi connectivity index (χ3v) is 2.18. The van der Waals surface area contributed by atoms with Crippen LogP contribution in [-0.2, 0) is 4.79 Å². The van der Waals surface area contributed by atoms with Crippen LogP contribution in [0, 0.1) is 13.8 Å². The molecule has 1 amide bonds. The van der Waals surface area contributed by atoms with Crippen molar-refractivity contribution in [2.24, 2.45) is 5.73 Å². The smallest absolute Gasteiger partial charge is 0.243 e. The van der Waals surface area contributed by atoms with Crippen LogP contribution in [-0.4, -0.2) is 23.7 Å². The van der Waals surface area contributed by atoms with Crippen LogP contribution in [0.15, 0.2) is 18.2 Å². The van der Waals surface area contributed by atoms with E-state index in [4.69, 9.17) is 10.8 Å². The van der Waals surface area contributed by atoms with E-state index in [1.165, 1.54) is 0 Å². The van der Waals surface area contributed by atoms with E-state index in [0.717, 1.165) is 16.8 Å². The molecule has 1 unspecified atom stereocenters. The second kappa shape index (κ2) is 4.91. The van der Waals surface area contributed by atoms with Gasteiger partial charge >= 0.3 is 0 Å². The number of anilines is 1. The van der Waals surface area contributed by atoms with Crippen molar-refractivity contribution in [3.63, 3.8) is 0 Å². The van der Waals surface area contributed by atoms with E-state index in [2.05, 4.69) is 5.32 Å². The van der Waals surface area contributed by atoms with Crippen molar-refractivity contribution in [1.29, 1.82) is 0 Å². The van der Waals surface area contributed by atoms with E-state index < -0.39 is 6.04 Å². The summed E-state index contributed by atoms with van der Waals surface area (Å²) in [5.41, 5.74) is 8.16. The van der Waals surface area contributed by atoms with Crippen LogP contribution in [0.2, 0.25) is 0 Å². The molecule has 0 aliphatic heterocycles. The molecule has 0 aliphatic rings. The number of aliphatic hydroxyl groups excluding tert-OH is 1. The van der Waals surface area contributed by atoms with Gasteiger partial charge in [0.05, 0.1) is 6.61 Å². The van der Waals surface area contributed by atoms with E-state index in [-0.39, 0.29) is 12.5 Å². The number of carbonyl (C=O) groups excluding carboxylic acids is 1. The Hall–Kier alpha value is -1.39.